The Kier molecular flexibility index (Phi) is 7.09. The molecule has 2 aromatic carbocycles. The van der Waals surface area contributed by atoms with Crippen LogP contribution in [-0.2, 0) is 14.3 Å². The third-order valence-corrected chi connectivity index (χ3v) is 6.53. The van der Waals surface area contributed by atoms with Crippen LogP contribution in [0.1, 0.15) is 42.7 Å². The number of carbonyl (C=O) groups is 3. The minimum atomic E-state index is -3.00. The normalized spacial score (nSPS) is 19.9. The summed E-state index contributed by atoms with van der Waals surface area (Å²) in [5.74, 6) is -2.95. The molecule has 0 heterocycles. The highest BCUT2D eigenvalue weighted by Crippen LogP contribution is 2.44. The van der Waals surface area contributed by atoms with Crippen molar-refractivity contribution in [3.8, 4) is 11.1 Å². The molecular weight excluding hydrogens is 446 g/mol. The monoisotopic (exact) mass is 472 g/mol. The van der Waals surface area contributed by atoms with E-state index in [1.54, 1.807) is 0 Å². The predicted molar refractivity (Wildman–Crippen MR) is 120 cm³/mol. The third-order valence-electron chi connectivity index (χ3n) is 6.53. The van der Waals surface area contributed by atoms with Gasteiger partial charge < -0.3 is 20.5 Å². The number of alkyl carbamates (subject to hydrolysis) is 1. The van der Waals surface area contributed by atoms with Crippen molar-refractivity contribution in [3.63, 3.8) is 0 Å². The molecule has 9 heteroatoms. The van der Waals surface area contributed by atoms with Crippen LogP contribution in [0.25, 0.3) is 11.1 Å². The Balaban J connectivity index is 1.36. The number of hydrogen-bond acceptors (Lipinski definition) is 4. The number of carboxylic acid groups (broad SMARTS) is 1. The fourth-order valence-corrected chi connectivity index (χ4v) is 4.92. The maximum atomic E-state index is 13.1. The van der Waals surface area contributed by atoms with Gasteiger partial charge in [0, 0.05) is 12.0 Å². The number of aliphatic carboxylic acids is 1. The van der Waals surface area contributed by atoms with Gasteiger partial charge in [0.2, 0.25) is 5.91 Å². The lowest BCUT2D eigenvalue weighted by atomic mass is 9.98. The summed E-state index contributed by atoms with van der Waals surface area (Å²) in [4.78, 5) is 35.9. The number of rotatable bonds is 8. The molecule has 0 aromatic heterocycles. The summed E-state index contributed by atoms with van der Waals surface area (Å²) in [7, 11) is 0. The summed E-state index contributed by atoms with van der Waals surface area (Å²) in [6, 6.07) is 13.6. The second-order valence-electron chi connectivity index (χ2n) is 8.66. The average Bonchev–Trinajstić information content (AvgIpc) is 3.39. The van der Waals surface area contributed by atoms with Crippen LogP contribution < -0.4 is 10.6 Å². The third kappa shape index (κ3) is 5.03. The van der Waals surface area contributed by atoms with Crippen LogP contribution in [0.3, 0.4) is 0 Å². The van der Waals surface area contributed by atoms with E-state index in [1.165, 1.54) is 0 Å². The Morgan fingerprint density at radius 2 is 1.62 bits per heavy atom. The zero-order valence-corrected chi connectivity index (χ0v) is 18.4. The van der Waals surface area contributed by atoms with Crippen LogP contribution in [0, 0.1) is 5.92 Å². The van der Waals surface area contributed by atoms with Crippen molar-refractivity contribution in [2.45, 2.75) is 50.1 Å². The Hall–Kier alpha value is -3.49. The van der Waals surface area contributed by atoms with Gasteiger partial charge in [-0.1, -0.05) is 55.0 Å². The molecule has 2 aromatic rings. The molecule has 3 atom stereocenters. The number of benzene rings is 2. The van der Waals surface area contributed by atoms with Gasteiger partial charge in [-0.15, -0.1) is 0 Å². The van der Waals surface area contributed by atoms with Crippen LogP contribution in [0.15, 0.2) is 48.5 Å². The molecule has 0 radical (unpaired) electrons. The molecule has 180 valence electrons. The Morgan fingerprint density at radius 1 is 1.00 bits per heavy atom. The highest BCUT2D eigenvalue weighted by Gasteiger charge is 2.37. The minimum Gasteiger partial charge on any atom is -0.481 e. The van der Waals surface area contributed by atoms with Gasteiger partial charge in [0.15, 0.2) is 0 Å². The molecule has 3 unspecified atom stereocenters. The quantitative estimate of drug-likeness (QED) is 0.540. The molecule has 0 saturated heterocycles. The Morgan fingerprint density at radius 3 is 2.21 bits per heavy atom. The van der Waals surface area contributed by atoms with Gasteiger partial charge in [-0.2, -0.15) is 0 Å². The largest absolute Gasteiger partial charge is 0.481 e. The summed E-state index contributed by atoms with van der Waals surface area (Å²) in [5.41, 5.74) is 4.36. The summed E-state index contributed by atoms with van der Waals surface area (Å²) < 4.78 is 31.7. The number of carbonyl (C=O) groups excluding carboxylic acids is 2. The SMILES string of the molecule is O=C(O)CC(NC(=O)C1CCCC1NC(=O)OCC1c2ccccc2-c2ccccc21)C(F)F. The lowest BCUT2D eigenvalue weighted by Crippen LogP contribution is -2.49. The van der Waals surface area contributed by atoms with Gasteiger partial charge in [0.25, 0.3) is 6.43 Å². The molecule has 3 N–H and O–H groups in total. The average molecular weight is 472 g/mol. The number of amides is 2. The molecule has 34 heavy (non-hydrogen) atoms. The van der Waals surface area contributed by atoms with Gasteiger partial charge in [-0.25, -0.2) is 13.6 Å². The summed E-state index contributed by atoms with van der Waals surface area (Å²) in [6.07, 6.45) is -3.02. The van der Waals surface area contributed by atoms with Crippen LogP contribution in [0.4, 0.5) is 13.6 Å². The lowest BCUT2D eigenvalue weighted by molar-refractivity contribution is -0.139. The number of fused-ring (bicyclic) bond motifs is 3. The molecule has 0 bridgehead atoms. The molecule has 2 aliphatic rings. The van der Waals surface area contributed by atoms with Gasteiger partial charge in [0.1, 0.15) is 12.6 Å². The lowest BCUT2D eigenvalue weighted by Gasteiger charge is -2.23. The van der Waals surface area contributed by atoms with E-state index in [9.17, 15) is 23.2 Å². The van der Waals surface area contributed by atoms with Crippen molar-refractivity contribution in [2.75, 3.05) is 6.61 Å². The standard InChI is InChI=1S/C25H26F2N2O5/c26-23(27)21(12-22(30)31)28-24(32)18-10-5-11-20(18)29-25(33)34-13-19-16-8-3-1-6-14(16)15-7-2-4-9-17(15)19/h1-4,6-9,18-21,23H,5,10-13H2,(H,28,32)(H,29,33)(H,30,31). The van der Waals surface area contributed by atoms with E-state index >= 15 is 0 Å². The van der Waals surface area contributed by atoms with E-state index in [4.69, 9.17) is 9.84 Å². The zero-order chi connectivity index (χ0) is 24.2. The first kappa shape index (κ1) is 23.7. The minimum absolute atomic E-state index is 0.108. The van der Waals surface area contributed by atoms with E-state index in [0.29, 0.717) is 19.3 Å². The fourth-order valence-electron chi connectivity index (χ4n) is 4.92. The Bertz CT molecular complexity index is 1030. The molecular formula is C25H26F2N2O5. The molecule has 0 aliphatic heterocycles. The summed E-state index contributed by atoms with van der Waals surface area (Å²) >= 11 is 0. The fraction of sp³-hybridized carbons (Fsp3) is 0.400. The van der Waals surface area contributed by atoms with Crippen LogP contribution in [0.5, 0.6) is 0 Å². The maximum Gasteiger partial charge on any atom is 0.407 e. The van der Waals surface area contributed by atoms with Gasteiger partial charge in [-0.05, 0) is 35.1 Å². The van der Waals surface area contributed by atoms with Gasteiger partial charge in [-0.3, -0.25) is 9.59 Å². The predicted octanol–water partition coefficient (Wildman–Crippen LogP) is 3.92. The number of nitrogens with one attached hydrogen (secondary N) is 2. The van der Waals surface area contributed by atoms with Crippen molar-refractivity contribution in [1.82, 2.24) is 10.6 Å². The van der Waals surface area contributed by atoms with Gasteiger partial charge in [0.05, 0.1) is 12.3 Å². The molecule has 4 rings (SSSR count). The molecule has 0 spiro atoms. The van der Waals surface area contributed by atoms with Crippen molar-refractivity contribution < 1.29 is 33.0 Å². The summed E-state index contributed by atoms with van der Waals surface area (Å²) in [6.45, 7) is 0.121. The van der Waals surface area contributed by atoms with E-state index in [1.807, 2.05) is 48.5 Å². The highest BCUT2D eigenvalue weighted by atomic mass is 19.3. The van der Waals surface area contributed by atoms with Crippen molar-refractivity contribution in [3.05, 3.63) is 59.7 Å². The van der Waals surface area contributed by atoms with Crippen molar-refractivity contribution in [2.24, 2.45) is 5.92 Å². The van der Waals surface area contributed by atoms with E-state index in [-0.39, 0.29) is 12.5 Å². The van der Waals surface area contributed by atoms with E-state index < -0.39 is 48.8 Å². The first-order valence-corrected chi connectivity index (χ1v) is 11.3. The smallest absolute Gasteiger partial charge is 0.407 e. The molecule has 7 nitrogen and oxygen atoms in total. The zero-order valence-electron chi connectivity index (χ0n) is 18.4. The first-order chi connectivity index (χ1) is 16.3. The van der Waals surface area contributed by atoms with Gasteiger partial charge >= 0.3 is 12.1 Å². The summed E-state index contributed by atoms with van der Waals surface area (Å²) in [5, 5.41) is 13.6. The number of hydrogen-bond donors (Lipinski definition) is 3. The second kappa shape index (κ2) is 10.2. The molecule has 1 fully saturated rings. The second-order valence-corrected chi connectivity index (χ2v) is 8.66. The number of alkyl halides is 2. The number of carboxylic acids is 1. The van der Waals surface area contributed by atoms with E-state index in [2.05, 4.69) is 10.6 Å². The number of ether oxygens (including phenoxy) is 1. The first-order valence-electron chi connectivity index (χ1n) is 11.3. The van der Waals surface area contributed by atoms with Crippen molar-refractivity contribution in [1.29, 1.82) is 0 Å². The van der Waals surface area contributed by atoms with Crippen LogP contribution >= 0.6 is 0 Å². The number of halogens is 2. The van der Waals surface area contributed by atoms with Crippen LogP contribution in [0.2, 0.25) is 0 Å². The van der Waals surface area contributed by atoms with E-state index in [0.717, 1.165) is 22.3 Å². The highest BCUT2D eigenvalue weighted by molar-refractivity contribution is 5.82. The molecule has 2 aliphatic carbocycles. The molecule has 1 saturated carbocycles. The van der Waals surface area contributed by atoms with Crippen LogP contribution in [-0.4, -0.2) is 48.2 Å². The maximum absolute atomic E-state index is 13.1. The molecule has 2 amide bonds. The topological polar surface area (TPSA) is 105 Å². The van der Waals surface area contributed by atoms with Crippen molar-refractivity contribution >= 4 is 18.0 Å². The Labute approximate surface area is 195 Å².